The maximum Gasteiger partial charge on any atom is 0.246 e. The summed E-state index contributed by atoms with van der Waals surface area (Å²) in [6, 6.07) is 0.00700. The van der Waals surface area contributed by atoms with E-state index in [9.17, 15) is 9.59 Å². The van der Waals surface area contributed by atoms with Crippen molar-refractivity contribution in [3.05, 3.63) is 0 Å². The summed E-state index contributed by atoms with van der Waals surface area (Å²) in [5.41, 5.74) is 0. The summed E-state index contributed by atoms with van der Waals surface area (Å²) in [4.78, 5) is 24.0. The Balaban J connectivity index is 2.39. The molecule has 1 rings (SSSR count). The molecule has 1 N–H and O–H groups in total. The highest BCUT2D eigenvalue weighted by Crippen LogP contribution is 2.12. The third-order valence-corrected chi connectivity index (χ3v) is 2.86. The molecule has 2 unspecified atom stereocenters. The Morgan fingerprint density at radius 1 is 1.53 bits per heavy atom. The van der Waals surface area contributed by atoms with Gasteiger partial charge in [0.25, 0.3) is 0 Å². The van der Waals surface area contributed by atoms with Gasteiger partial charge in [0, 0.05) is 13.1 Å². The van der Waals surface area contributed by atoms with Crippen LogP contribution in [0.2, 0.25) is 0 Å². The van der Waals surface area contributed by atoms with Crippen molar-refractivity contribution in [2.75, 3.05) is 7.05 Å². The number of likely N-dealkylation sites (N-methyl/N-ethyl adjacent to an activating group) is 1. The number of hydrogen-bond donors (Lipinski definition) is 1. The Kier molecular flexibility index (Phi) is 4.27. The summed E-state index contributed by atoms with van der Waals surface area (Å²) >= 11 is 0. The van der Waals surface area contributed by atoms with Gasteiger partial charge in [0.15, 0.2) is 0 Å². The predicted octanol–water partition coefficient (Wildman–Crippen LogP) is 0.912. The van der Waals surface area contributed by atoms with E-state index in [0.29, 0.717) is 12.5 Å². The summed E-state index contributed by atoms with van der Waals surface area (Å²) in [7, 11) is 1.54. The van der Waals surface area contributed by atoms with E-state index in [0.717, 1.165) is 19.3 Å². The number of amides is 2. The zero-order valence-electron chi connectivity index (χ0n) is 9.75. The van der Waals surface area contributed by atoms with E-state index in [4.69, 9.17) is 0 Å². The summed E-state index contributed by atoms with van der Waals surface area (Å²) in [6.45, 7) is 4.20. The van der Waals surface area contributed by atoms with E-state index in [1.165, 1.54) is 4.90 Å². The quantitative estimate of drug-likeness (QED) is 0.689. The molecule has 2 atom stereocenters. The van der Waals surface area contributed by atoms with Crippen molar-refractivity contribution < 1.29 is 9.59 Å². The minimum Gasteiger partial charge on any atom is -0.303 e. The molecule has 4 heteroatoms. The molecule has 4 nitrogen and oxygen atoms in total. The molecule has 0 aromatic heterocycles. The van der Waals surface area contributed by atoms with Crippen LogP contribution in [0.3, 0.4) is 0 Å². The first-order valence-corrected chi connectivity index (χ1v) is 5.62. The third-order valence-electron chi connectivity index (χ3n) is 2.86. The van der Waals surface area contributed by atoms with Crippen LogP contribution in [-0.2, 0) is 9.59 Å². The van der Waals surface area contributed by atoms with Gasteiger partial charge in [-0.3, -0.25) is 14.5 Å². The van der Waals surface area contributed by atoms with Crippen LogP contribution in [-0.4, -0.2) is 35.8 Å². The second kappa shape index (κ2) is 5.26. The molecule has 1 aliphatic rings. The maximum atomic E-state index is 11.6. The van der Waals surface area contributed by atoms with Gasteiger partial charge < -0.3 is 5.32 Å². The standard InChI is InChI=1S/C11H20N2O2/c1-4-5-6-8(2)12-9-7-10(14)13(3)11(9)15/h8-9,12H,4-7H2,1-3H3. The summed E-state index contributed by atoms with van der Waals surface area (Å²) in [5.74, 6) is -0.177. The molecule has 1 aliphatic heterocycles. The van der Waals surface area contributed by atoms with Gasteiger partial charge in [-0.05, 0) is 13.3 Å². The average Bonchev–Trinajstić information content (AvgIpc) is 2.43. The SMILES string of the molecule is CCCCC(C)NC1CC(=O)N(C)C1=O. The Morgan fingerprint density at radius 3 is 2.67 bits per heavy atom. The number of carbonyl (C=O) groups excluding carboxylic acids is 2. The highest BCUT2D eigenvalue weighted by molar-refractivity contribution is 6.05. The fraction of sp³-hybridized carbons (Fsp3) is 0.818. The molecule has 0 spiro atoms. The topological polar surface area (TPSA) is 49.4 Å². The lowest BCUT2D eigenvalue weighted by Crippen LogP contribution is -2.41. The Labute approximate surface area is 91.0 Å². The van der Waals surface area contributed by atoms with Crippen molar-refractivity contribution in [3.63, 3.8) is 0 Å². The number of carbonyl (C=O) groups is 2. The van der Waals surface area contributed by atoms with Gasteiger partial charge in [0.1, 0.15) is 0 Å². The van der Waals surface area contributed by atoms with Crippen molar-refractivity contribution in [2.24, 2.45) is 0 Å². The molecule has 0 aliphatic carbocycles. The van der Waals surface area contributed by atoms with E-state index >= 15 is 0 Å². The number of hydrogen-bond acceptors (Lipinski definition) is 3. The molecule has 0 aromatic rings. The van der Waals surface area contributed by atoms with Crippen LogP contribution in [0.4, 0.5) is 0 Å². The highest BCUT2D eigenvalue weighted by atomic mass is 16.2. The first-order chi connectivity index (χ1) is 7.06. The molecule has 1 heterocycles. The molecule has 0 bridgehead atoms. The number of nitrogens with one attached hydrogen (secondary N) is 1. The van der Waals surface area contributed by atoms with Crippen molar-refractivity contribution in [1.29, 1.82) is 0 Å². The Hall–Kier alpha value is -0.900. The van der Waals surface area contributed by atoms with Crippen LogP contribution >= 0.6 is 0 Å². The van der Waals surface area contributed by atoms with Gasteiger partial charge in [-0.2, -0.15) is 0 Å². The monoisotopic (exact) mass is 212 g/mol. The number of unbranched alkanes of at least 4 members (excludes halogenated alkanes) is 1. The fourth-order valence-electron chi connectivity index (χ4n) is 1.82. The van der Waals surface area contributed by atoms with Crippen molar-refractivity contribution in [2.45, 2.75) is 51.6 Å². The fourth-order valence-corrected chi connectivity index (χ4v) is 1.82. The van der Waals surface area contributed by atoms with E-state index in [-0.39, 0.29) is 17.9 Å². The van der Waals surface area contributed by atoms with Gasteiger partial charge >= 0.3 is 0 Å². The molecule has 15 heavy (non-hydrogen) atoms. The van der Waals surface area contributed by atoms with E-state index in [1.54, 1.807) is 7.05 Å². The molecule has 1 fully saturated rings. The lowest BCUT2D eigenvalue weighted by atomic mass is 10.1. The number of rotatable bonds is 5. The maximum absolute atomic E-state index is 11.6. The molecule has 2 amide bonds. The smallest absolute Gasteiger partial charge is 0.246 e. The van der Waals surface area contributed by atoms with Crippen LogP contribution in [0.5, 0.6) is 0 Å². The number of imide groups is 1. The second-order valence-electron chi connectivity index (χ2n) is 4.26. The molecule has 1 saturated heterocycles. The lowest BCUT2D eigenvalue weighted by Gasteiger charge is -2.17. The molecule has 86 valence electrons. The molecular weight excluding hydrogens is 192 g/mol. The van der Waals surface area contributed by atoms with Gasteiger partial charge in [0.05, 0.1) is 12.5 Å². The van der Waals surface area contributed by atoms with E-state index < -0.39 is 0 Å². The van der Waals surface area contributed by atoms with Gasteiger partial charge in [0.2, 0.25) is 11.8 Å². The first-order valence-electron chi connectivity index (χ1n) is 5.62. The van der Waals surface area contributed by atoms with Crippen molar-refractivity contribution >= 4 is 11.8 Å². The van der Waals surface area contributed by atoms with Crippen LogP contribution in [0.25, 0.3) is 0 Å². The summed E-state index contributed by atoms with van der Waals surface area (Å²) < 4.78 is 0. The van der Waals surface area contributed by atoms with Gasteiger partial charge in [-0.1, -0.05) is 19.8 Å². The van der Waals surface area contributed by atoms with Gasteiger partial charge in [-0.15, -0.1) is 0 Å². The third kappa shape index (κ3) is 3.02. The van der Waals surface area contributed by atoms with Crippen LogP contribution in [0.1, 0.15) is 39.5 Å². The molecule has 0 radical (unpaired) electrons. The normalized spacial score (nSPS) is 23.7. The lowest BCUT2D eigenvalue weighted by molar-refractivity contribution is -0.137. The van der Waals surface area contributed by atoms with Crippen LogP contribution < -0.4 is 5.32 Å². The molecule has 0 aromatic carbocycles. The second-order valence-corrected chi connectivity index (χ2v) is 4.26. The van der Waals surface area contributed by atoms with Crippen LogP contribution in [0.15, 0.2) is 0 Å². The zero-order chi connectivity index (χ0) is 11.4. The summed E-state index contributed by atoms with van der Waals surface area (Å²) in [6.07, 6.45) is 3.67. The minimum atomic E-state index is -0.297. The average molecular weight is 212 g/mol. The van der Waals surface area contributed by atoms with Gasteiger partial charge in [-0.25, -0.2) is 0 Å². The predicted molar refractivity (Wildman–Crippen MR) is 58.3 cm³/mol. The summed E-state index contributed by atoms with van der Waals surface area (Å²) in [5, 5.41) is 3.21. The van der Waals surface area contributed by atoms with Crippen LogP contribution in [0, 0.1) is 0 Å². The largest absolute Gasteiger partial charge is 0.303 e. The number of likely N-dealkylation sites (tertiary alicyclic amines) is 1. The van der Waals surface area contributed by atoms with E-state index in [2.05, 4.69) is 19.2 Å². The first kappa shape index (κ1) is 12.2. The van der Waals surface area contributed by atoms with Crippen molar-refractivity contribution in [1.82, 2.24) is 10.2 Å². The Bertz CT molecular complexity index is 253. The highest BCUT2D eigenvalue weighted by Gasteiger charge is 2.36. The molecule has 0 saturated carbocycles. The van der Waals surface area contributed by atoms with E-state index in [1.807, 2.05) is 0 Å². The molecular formula is C11H20N2O2. The van der Waals surface area contributed by atoms with Crippen molar-refractivity contribution in [3.8, 4) is 0 Å². The Morgan fingerprint density at radius 2 is 2.20 bits per heavy atom. The zero-order valence-corrected chi connectivity index (χ0v) is 9.75. The number of nitrogens with zero attached hydrogens (tertiary/aromatic N) is 1. The minimum absolute atomic E-state index is 0.0832.